The Morgan fingerprint density at radius 3 is 2.53 bits per heavy atom. The maximum Gasteiger partial charge on any atom is 0.309 e. The molecule has 0 aliphatic heterocycles. The number of aliphatic carboxylic acids is 1. The quantitative estimate of drug-likeness (QED) is 0.673. The molecule has 2 rings (SSSR count). The van der Waals surface area contributed by atoms with Crippen molar-refractivity contribution in [1.29, 1.82) is 0 Å². The summed E-state index contributed by atoms with van der Waals surface area (Å²) in [5.41, 5.74) is 1.39. The second-order valence-corrected chi connectivity index (χ2v) is 7.07. The van der Waals surface area contributed by atoms with Gasteiger partial charge in [0.1, 0.15) is 0 Å². The summed E-state index contributed by atoms with van der Waals surface area (Å²) < 4.78 is 2.70. The molecule has 0 atom stereocenters. The van der Waals surface area contributed by atoms with E-state index in [1.807, 2.05) is 12.1 Å². The molecule has 0 aliphatic carbocycles. The van der Waals surface area contributed by atoms with E-state index in [-0.39, 0.29) is 6.42 Å². The molecule has 19 heavy (non-hydrogen) atoms. The Morgan fingerprint density at radius 2 is 1.95 bits per heavy atom. The highest BCUT2D eigenvalue weighted by molar-refractivity contribution is 9.11. The monoisotopic (exact) mass is 468 g/mol. The molecule has 4 nitrogen and oxygen atoms in total. The molecule has 8 heteroatoms. The van der Waals surface area contributed by atoms with E-state index >= 15 is 0 Å². The molecule has 0 unspecified atom stereocenters. The van der Waals surface area contributed by atoms with Gasteiger partial charge in [0.15, 0.2) is 5.13 Å². The van der Waals surface area contributed by atoms with Gasteiger partial charge >= 0.3 is 5.97 Å². The van der Waals surface area contributed by atoms with Crippen molar-refractivity contribution in [2.45, 2.75) is 6.42 Å². The number of halogens is 3. The average molecular weight is 471 g/mol. The molecule has 2 N–H and O–H groups in total. The molecule has 0 aliphatic rings. The van der Waals surface area contributed by atoms with Crippen LogP contribution in [-0.4, -0.2) is 16.1 Å². The molecule has 0 bridgehead atoms. The van der Waals surface area contributed by atoms with Crippen LogP contribution in [-0.2, 0) is 11.2 Å². The number of carboxylic acid groups (broad SMARTS) is 1. The molecule has 1 aromatic heterocycles. The highest BCUT2D eigenvalue weighted by atomic mass is 79.9. The first-order valence-electron chi connectivity index (χ1n) is 5.03. The number of carbonyl (C=O) groups is 1. The molecule has 0 fully saturated rings. The lowest BCUT2D eigenvalue weighted by Gasteiger charge is -2.08. The van der Waals surface area contributed by atoms with Gasteiger partial charge in [0.25, 0.3) is 0 Å². The topological polar surface area (TPSA) is 62.2 Å². The zero-order valence-corrected chi connectivity index (χ0v) is 14.9. The van der Waals surface area contributed by atoms with E-state index in [1.165, 1.54) is 11.3 Å². The molecular formula is C11H7Br3N2O2S. The van der Waals surface area contributed by atoms with Gasteiger partial charge in [-0.2, -0.15) is 0 Å². The summed E-state index contributed by atoms with van der Waals surface area (Å²) in [6.07, 6.45) is -0.0686. The van der Waals surface area contributed by atoms with Crippen molar-refractivity contribution < 1.29 is 9.90 Å². The van der Waals surface area contributed by atoms with Crippen LogP contribution >= 0.6 is 59.1 Å². The molecule has 0 saturated heterocycles. The standard InChI is InChI=1S/C11H7Br3N2O2S/c12-5-1-7(13)10(8(14)2-5)16-11-15-6(4-19-11)3-9(17)18/h1-2,4H,3H2,(H,15,16)(H,17,18). The number of thiazole rings is 1. The number of anilines is 2. The maximum absolute atomic E-state index is 10.6. The maximum atomic E-state index is 10.6. The second kappa shape index (κ2) is 6.34. The van der Waals surface area contributed by atoms with Crippen LogP contribution < -0.4 is 5.32 Å². The van der Waals surface area contributed by atoms with Gasteiger partial charge in [0.2, 0.25) is 0 Å². The first-order chi connectivity index (χ1) is 8.95. The smallest absolute Gasteiger partial charge is 0.309 e. The first kappa shape index (κ1) is 15.0. The van der Waals surface area contributed by atoms with Crippen LogP contribution in [0.5, 0.6) is 0 Å². The Kier molecular flexibility index (Phi) is 4.99. The van der Waals surface area contributed by atoms with E-state index in [1.54, 1.807) is 5.38 Å². The van der Waals surface area contributed by atoms with Crippen LogP contribution in [0.2, 0.25) is 0 Å². The third-order valence-electron chi connectivity index (χ3n) is 2.12. The van der Waals surface area contributed by atoms with Gasteiger partial charge in [-0.1, -0.05) is 15.9 Å². The van der Waals surface area contributed by atoms with Gasteiger partial charge in [-0.25, -0.2) is 4.98 Å². The van der Waals surface area contributed by atoms with Crippen LogP contribution in [0.15, 0.2) is 30.9 Å². The summed E-state index contributed by atoms with van der Waals surface area (Å²) in [5.74, 6) is -0.886. The van der Waals surface area contributed by atoms with E-state index in [0.717, 1.165) is 19.1 Å². The third-order valence-corrected chi connectivity index (χ3v) is 4.64. The van der Waals surface area contributed by atoms with Gasteiger partial charge in [0.05, 0.1) is 17.8 Å². The SMILES string of the molecule is O=C(O)Cc1csc(Nc2c(Br)cc(Br)cc2Br)n1. The van der Waals surface area contributed by atoms with E-state index in [0.29, 0.717) is 10.8 Å². The van der Waals surface area contributed by atoms with Crippen molar-refractivity contribution in [2.75, 3.05) is 5.32 Å². The lowest BCUT2D eigenvalue weighted by atomic mass is 10.3. The van der Waals surface area contributed by atoms with Crippen LogP contribution in [0.25, 0.3) is 0 Å². The summed E-state index contributed by atoms with van der Waals surface area (Å²) in [6.45, 7) is 0. The van der Waals surface area contributed by atoms with Crippen LogP contribution in [0.1, 0.15) is 5.69 Å². The molecular weight excluding hydrogens is 464 g/mol. The van der Waals surface area contributed by atoms with Gasteiger partial charge in [-0.15, -0.1) is 11.3 Å². The first-order valence-corrected chi connectivity index (χ1v) is 8.29. The fourth-order valence-corrected chi connectivity index (χ4v) is 4.54. The van der Waals surface area contributed by atoms with Crippen molar-refractivity contribution in [2.24, 2.45) is 0 Å². The predicted octanol–water partition coefficient (Wildman–Crippen LogP) is 4.80. The minimum Gasteiger partial charge on any atom is -0.481 e. The molecule has 0 amide bonds. The molecule has 2 aromatic rings. The van der Waals surface area contributed by atoms with Crippen molar-refractivity contribution in [1.82, 2.24) is 4.98 Å². The van der Waals surface area contributed by atoms with Crippen LogP contribution in [0.4, 0.5) is 10.8 Å². The van der Waals surface area contributed by atoms with Gasteiger partial charge in [0, 0.05) is 18.8 Å². The number of nitrogens with zero attached hydrogens (tertiary/aromatic N) is 1. The Labute approximate surface area is 138 Å². The fraction of sp³-hybridized carbons (Fsp3) is 0.0909. The predicted molar refractivity (Wildman–Crippen MR) is 86.3 cm³/mol. The highest BCUT2D eigenvalue weighted by Crippen LogP contribution is 2.36. The highest BCUT2D eigenvalue weighted by Gasteiger charge is 2.10. The number of hydrogen-bond acceptors (Lipinski definition) is 4. The molecule has 0 saturated carbocycles. The van der Waals surface area contributed by atoms with Crippen molar-refractivity contribution in [3.8, 4) is 0 Å². The van der Waals surface area contributed by atoms with Crippen molar-refractivity contribution >= 4 is 75.9 Å². The zero-order valence-electron chi connectivity index (χ0n) is 9.28. The Morgan fingerprint density at radius 1 is 1.32 bits per heavy atom. The average Bonchev–Trinajstić information content (AvgIpc) is 2.70. The lowest BCUT2D eigenvalue weighted by molar-refractivity contribution is -0.136. The molecule has 1 aromatic carbocycles. The number of rotatable bonds is 4. The van der Waals surface area contributed by atoms with Crippen molar-refractivity contribution in [3.05, 3.63) is 36.6 Å². The fourth-order valence-electron chi connectivity index (χ4n) is 1.37. The normalized spacial score (nSPS) is 10.5. The van der Waals surface area contributed by atoms with E-state index in [9.17, 15) is 4.79 Å². The Bertz CT molecular complexity index is 607. The van der Waals surface area contributed by atoms with Gasteiger partial charge in [-0.05, 0) is 44.0 Å². The molecule has 100 valence electrons. The van der Waals surface area contributed by atoms with Crippen LogP contribution in [0, 0.1) is 0 Å². The summed E-state index contributed by atoms with van der Waals surface area (Å²) in [5, 5.41) is 14.3. The number of benzene rings is 1. The summed E-state index contributed by atoms with van der Waals surface area (Å²) in [7, 11) is 0. The third kappa shape index (κ3) is 4.01. The second-order valence-electron chi connectivity index (χ2n) is 3.58. The zero-order chi connectivity index (χ0) is 14.0. The Balaban J connectivity index is 2.22. The molecule has 0 spiro atoms. The van der Waals surface area contributed by atoms with E-state index in [2.05, 4.69) is 58.1 Å². The summed E-state index contributed by atoms with van der Waals surface area (Å²) in [4.78, 5) is 14.8. The van der Waals surface area contributed by atoms with Gasteiger partial charge in [-0.3, -0.25) is 4.79 Å². The lowest BCUT2D eigenvalue weighted by Crippen LogP contribution is -2.00. The minimum atomic E-state index is -0.886. The number of hydrogen-bond donors (Lipinski definition) is 2. The van der Waals surface area contributed by atoms with E-state index in [4.69, 9.17) is 5.11 Å². The molecule has 0 radical (unpaired) electrons. The van der Waals surface area contributed by atoms with E-state index < -0.39 is 5.97 Å². The van der Waals surface area contributed by atoms with Gasteiger partial charge < -0.3 is 10.4 Å². The Hall–Kier alpha value is -0.440. The number of carboxylic acids is 1. The largest absolute Gasteiger partial charge is 0.481 e. The van der Waals surface area contributed by atoms with Crippen molar-refractivity contribution in [3.63, 3.8) is 0 Å². The minimum absolute atomic E-state index is 0.0686. The summed E-state index contributed by atoms with van der Waals surface area (Å²) >= 11 is 11.7. The van der Waals surface area contributed by atoms with Crippen LogP contribution in [0.3, 0.4) is 0 Å². The molecule has 1 heterocycles. The number of nitrogens with one attached hydrogen (secondary N) is 1. The number of aromatic nitrogens is 1. The summed E-state index contributed by atoms with van der Waals surface area (Å²) in [6, 6.07) is 3.83.